The van der Waals surface area contributed by atoms with Gasteiger partial charge in [-0.25, -0.2) is 4.39 Å². The van der Waals surface area contributed by atoms with Gasteiger partial charge in [0.15, 0.2) is 6.10 Å². The molecular formula is C20H23FN2O2S. The van der Waals surface area contributed by atoms with E-state index in [2.05, 4.69) is 5.32 Å². The molecule has 0 saturated heterocycles. The number of hydrogen-bond donors (Lipinski definition) is 1. The lowest BCUT2D eigenvalue weighted by Crippen LogP contribution is -2.48. The van der Waals surface area contributed by atoms with Crippen molar-refractivity contribution >= 4 is 23.4 Å². The fraction of sp³-hybridized carbons (Fsp3) is 0.350. The standard InChI is InChI=1S/C20H23FN2O2S/c1-23-13-19(25-18-10-5-4-9-17(18)23)20(24)22-11-6-12-26-14-15-7-2-3-8-16(15)21/h2-5,7-10,19H,6,11-14H2,1H3,(H,22,24)/t19-/m0/s1. The Morgan fingerprint density at radius 1 is 1.27 bits per heavy atom. The van der Waals surface area contributed by atoms with E-state index in [-0.39, 0.29) is 11.7 Å². The molecule has 26 heavy (non-hydrogen) atoms. The van der Waals surface area contributed by atoms with Gasteiger partial charge in [0.25, 0.3) is 5.91 Å². The topological polar surface area (TPSA) is 41.6 Å². The molecule has 138 valence electrons. The van der Waals surface area contributed by atoms with Crippen LogP contribution in [0.4, 0.5) is 10.1 Å². The van der Waals surface area contributed by atoms with Crippen LogP contribution in [0.15, 0.2) is 48.5 Å². The molecule has 0 saturated carbocycles. The summed E-state index contributed by atoms with van der Waals surface area (Å²) >= 11 is 1.67. The van der Waals surface area contributed by atoms with Gasteiger partial charge in [0.05, 0.1) is 12.2 Å². The molecule has 0 radical (unpaired) electrons. The summed E-state index contributed by atoms with van der Waals surface area (Å²) in [6, 6.07) is 14.5. The van der Waals surface area contributed by atoms with Crippen LogP contribution in [-0.4, -0.2) is 37.9 Å². The van der Waals surface area contributed by atoms with E-state index in [1.165, 1.54) is 6.07 Å². The van der Waals surface area contributed by atoms with E-state index in [4.69, 9.17) is 4.74 Å². The molecule has 3 rings (SSSR count). The predicted molar refractivity (Wildman–Crippen MR) is 104 cm³/mol. The lowest BCUT2D eigenvalue weighted by atomic mass is 10.2. The van der Waals surface area contributed by atoms with Gasteiger partial charge in [-0.05, 0) is 35.9 Å². The highest BCUT2D eigenvalue weighted by atomic mass is 32.2. The molecule has 1 amide bonds. The number of hydrogen-bond acceptors (Lipinski definition) is 4. The van der Waals surface area contributed by atoms with Crippen LogP contribution in [-0.2, 0) is 10.5 Å². The number of rotatable bonds is 7. The number of carbonyl (C=O) groups is 1. The van der Waals surface area contributed by atoms with E-state index < -0.39 is 6.10 Å². The number of likely N-dealkylation sites (N-methyl/N-ethyl adjacent to an activating group) is 1. The fourth-order valence-electron chi connectivity index (χ4n) is 2.84. The minimum absolute atomic E-state index is 0.0922. The average molecular weight is 374 g/mol. The molecule has 1 heterocycles. The number of halogens is 1. The largest absolute Gasteiger partial charge is 0.477 e. The third-order valence-corrected chi connectivity index (χ3v) is 5.35. The summed E-state index contributed by atoms with van der Waals surface area (Å²) in [5, 5.41) is 2.94. The molecule has 0 unspecified atom stereocenters. The van der Waals surface area contributed by atoms with Crippen molar-refractivity contribution in [1.29, 1.82) is 0 Å². The Bertz CT molecular complexity index is 756. The smallest absolute Gasteiger partial charge is 0.262 e. The first-order valence-corrected chi connectivity index (χ1v) is 9.86. The van der Waals surface area contributed by atoms with Crippen LogP contribution in [0.1, 0.15) is 12.0 Å². The van der Waals surface area contributed by atoms with E-state index in [1.807, 2.05) is 42.3 Å². The van der Waals surface area contributed by atoms with Crippen LogP contribution < -0.4 is 15.0 Å². The summed E-state index contributed by atoms with van der Waals surface area (Å²) in [6.45, 7) is 1.12. The Kier molecular flexibility index (Phi) is 6.39. The van der Waals surface area contributed by atoms with Gasteiger partial charge < -0.3 is 15.0 Å². The van der Waals surface area contributed by atoms with Crippen molar-refractivity contribution in [1.82, 2.24) is 5.32 Å². The predicted octanol–water partition coefficient (Wildman–Crippen LogP) is 3.46. The molecule has 0 bridgehead atoms. The maximum Gasteiger partial charge on any atom is 0.262 e. The van der Waals surface area contributed by atoms with Crippen molar-refractivity contribution in [2.24, 2.45) is 0 Å². The minimum atomic E-state index is -0.499. The molecule has 0 aliphatic carbocycles. The Labute approximate surface area is 157 Å². The zero-order valence-corrected chi connectivity index (χ0v) is 15.6. The zero-order chi connectivity index (χ0) is 18.4. The highest BCUT2D eigenvalue weighted by Gasteiger charge is 2.28. The molecule has 1 N–H and O–H groups in total. The number of thioether (sulfide) groups is 1. The quantitative estimate of drug-likeness (QED) is 0.754. The molecule has 6 heteroatoms. The van der Waals surface area contributed by atoms with Crippen molar-refractivity contribution in [3.63, 3.8) is 0 Å². The number of benzene rings is 2. The van der Waals surface area contributed by atoms with E-state index in [0.717, 1.165) is 29.2 Å². The van der Waals surface area contributed by atoms with E-state index in [0.29, 0.717) is 18.8 Å². The second-order valence-electron chi connectivity index (χ2n) is 6.24. The highest BCUT2D eigenvalue weighted by Crippen LogP contribution is 2.31. The summed E-state index contributed by atoms with van der Waals surface area (Å²) in [7, 11) is 1.96. The normalized spacial score (nSPS) is 15.9. The number of nitrogens with zero attached hydrogens (tertiary/aromatic N) is 1. The lowest BCUT2D eigenvalue weighted by molar-refractivity contribution is -0.127. The minimum Gasteiger partial charge on any atom is -0.477 e. The van der Waals surface area contributed by atoms with Crippen molar-refractivity contribution in [3.8, 4) is 5.75 Å². The molecule has 2 aromatic rings. The first kappa shape index (κ1) is 18.6. The summed E-state index contributed by atoms with van der Waals surface area (Å²) in [5.41, 5.74) is 1.72. The Morgan fingerprint density at radius 2 is 2.04 bits per heavy atom. The fourth-order valence-corrected chi connectivity index (χ4v) is 3.79. The number of anilines is 1. The van der Waals surface area contributed by atoms with Crippen LogP contribution in [0.25, 0.3) is 0 Å². The Hall–Kier alpha value is -2.21. The number of fused-ring (bicyclic) bond motifs is 1. The Balaban J connectivity index is 1.37. The van der Waals surface area contributed by atoms with Gasteiger partial charge in [-0.15, -0.1) is 0 Å². The number of carbonyl (C=O) groups excluding carboxylic acids is 1. The molecule has 4 nitrogen and oxygen atoms in total. The molecule has 1 aliphatic heterocycles. The monoisotopic (exact) mass is 374 g/mol. The van der Waals surface area contributed by atoms with Crippen molar-refractivity contribution < 1.29 is 13.9 Å². The third kappa shape index (κ3) is 4.69. The van der Waals surface area contributed by atoms with Crippen molar-refractivity contribution in [3.05, 3.63) is 59.9 Å². The first-order chi connectivity index (χ1) is 12.6. The molecule has 1 aliphatic rings. The molecule has 0 fully saturated rings. The lowest BCUT2D eigenvalue weighted by Gasteiger charge is -2.32. The molecule has 1 atom stereocenters. The van der Waals surface area contributed by atoms with Gasteiger partial charge in [-0.1, -0.05) is 30.3 Å². The summed E-state index contributed by atoms with van der Waals surface area (Å²) in [6.07, 6.45) is 0.338. The Morgan fingerprint density at radius 3 is 2.88 bits per heavy atom. The highest BCUT2D eigenvalue weighted by molar-refractivity contribution is 7.98. The third-order valence-electron chi connectivity index (χ3n) is 4.26. The van der Waals surface area contributed by atoms with Crippen LogP contribution in [0.5, 0.6) is 5.75 Å². The van der Waals surface area contributed by atoms with Gasteiger partial charge in [0.1, 0.15) is 11.6 Å². The van der Waals surface area contributed by atoms with E-state index >= 15 is 0 Å². The van der Waals surface area contributed by atoms with E-state index in [1.54, 1.807) is 23.9 Å². The van der Waals surface area contributed by atoms with Gasteiger partial charge in [-0.2, -0.15) is 11.8 Å². The van der Waals surface area contributed by atoms with Crippen LogP contribution in [0, 0.1) is 5.82 Å². The van der Waals surface area contributed by atoms with Gasteiger partial charge in [0.2, 0.25) is 0 Å². The number of amides is 1. The van der Waals surface area contributed by atoms with E-state index in [9.17, 15) is 9.18 Å². The van der Waals surface area contributed by atoms with Crippen molar-refractivity contribution in [2.75, 3.05) is 30.8 Å². The summed E-state index contributed by atoms with van der Waals surface area (Å²) < 4.78 is 19.3. The summed E-state index contributed by atoms with van der Waals surface area (Å²) in [4.78, 5) is 14.4. The number of nitrogens with one attached hydrogen (secondary N) is 1. The first-order valence-electron chi connectivity index (χ1n) is 8.71. The number of ether oxygens (including phenoxy) is 1. The second-order valence-corrected chi connectivity index (χ2v) is 7.35. The molecule has 0 aromatic heterocycles. The second kappa shape index (κ2) is 8.94. The SMILES string of the molecule is CN1C[C@@H](C(=O)NCCCSCc2ccccc2F)Oc2ccccc21. The molecular weight excluding hydrogens is 351 g/mol. The van der Waals surface area contributed by atoms with Crippen LogP contribution in [0.2, 0.25) is 0 Å². The van der Waals surface area contributed by atoms with Crippen LogP contribution in [0.3, 0.4) is 0 Å². The average Bonchev–Trinajstić information content (AvgIpc) is 2.65. The number of para-hydroxylation sites is 2. The maximum atomic E-state index is 13.5. The molecule has 0 spiro atoms. The van der Waals surface area contributed by atoms with Crippen molar-refractivity contribution in [2.45, 2.75) is 18.3 Å². The summed E-state index contributed by atoms with van der Waals surface area (Å²) in [5.74, 6) is 2.00. The maximum absolute atomic E-state index is 13.5. The zero-order valence-electron chi connectivity index (χ0n) is 14.8. The van der Waals surface area contributed by atoms with Gasteiger partial charge in [-0.3, -0.25) is 4.79 Å². The molecule has 2 aromatic carbocycles. The van der Waals surface area contributed by atoms with Gasteiger partial charge in [0, 0.05) is 19.3 Å². The van der Waals surface area contributed by atoms with Crippen LogP contribution >= 0.6 is 11.8 Å². The van der Waals surface area contributed by atoms with Gasteiger partial charge >= 0.3 is 0 Å².